The van der Waals surface area contributed by atoms with Crippen LogP contribution in [0.5, 0.6) is 0 Å². The third kappa shape index (κ3) is 3.23. The number of piperidine rings is 1. The van der Waals surface area contributed by atoms with Crippen molar-refractivity contribution in [1.82, 2.24) is 10.2 Å². The van der Waals surface area contributed by atoms with E-state index in [1.165, 1.54) is 58.2 Å². The average Bonchev–Trinajstić information content (AvgIpc) is 2.79. The fourth-order valence-electron chi connectivity index (χ4n) is 3.72. The molecule has 17 heavy (non-hydrogen) atoms. The summed E-state index contributed by atoms with van der Waals surface area (Å²) in [6, 6.07) is 0.737. The van der Waals surface area contributed by atoms with Gasteiger partial charge in [0.15, 0.2) is 0 Å². The first-order valence-electron chi connectivity index (χ1n) is 7.64. The maximum atomic E-state index is 3.79. The van der Waals surface area contributed by atoms with E-state index in [0.717, 1.165) is 12.0 Å². The molecule has 0 amide bonds. The summed E-state index contributed by atoms with van der Waals surface area (Å²) >= 11 is 0. The lowest BCUT2D eigenvalue weighted by Crippen LogP contribution is -2.44. The third-order valence-electron chi connectivity index (χ3n) is 5.07. The van der Waals surface area contributed by atoms with Crippen LogP contribution in [0, 0.1) is 5.92 Å². The van der Waals surface area contributed by atoms with Gasteiger partial charge in [-0.2, -0.15) is 0 Å². The molecule has 2 aliphatic rings. The molecule has 2 fully saturated rings. The second-order valence-electron chi connectivity index (χ2n) is 6.44. The van der Waals surface area contributed by atoms with E-state index in [1.807, 2.05) is 0 Å². The van der Waals surface area contributed by atoms with Gasteiger partial charge in [0.25, 0.3) is 0 Å². The first-order chi connectivity index (χ1) is 8.15. The maximum Gasteiger partial charge on any atom is 0.0182 e. The highest BCUT2D eigenvalue weighted by atomic mass is 15.1. The van der Waals surface area contributed by atoms with Crippen LogP contribution in [-0.4, -0.2) is 36.1 Å². The van der Waals surface area contributed by atoms with E-state index < -0.39 is 0 Å². The van der Waals surface area contributed by atoms with Crippen LogP contribution in [0.15, 0.2) is 0 Å². The molecule has 2 rings (SSSR count). The van der Waals surface area contributed by atoms with E-state index in [2.05, 4.69) is 31.0 Å². The van der Waals surface area contributed by atoms with Crippen molar-refractivity contribution in [2.45, 2.75) is 70.9 Å². The van der Waals surface area contributed by atoms with E-state index in [4.69, 9.17) is 0 Å². The smallest absolute Gasteiger partial charge is 0.0182 e. The Morgan fingerprint density at radius 2 is 2.00 bits per heavy atom. The molecule has 0 bridgehead atoms. The van der Waals surface area contributed by atoms with Gasteiger partial charge in [-0.3, -0.25) is 0 Å². The van der Waals surface area contributed by atoms with Gasteiger partial charge in [-0.1, -0.05) is 6.92 Å². The average molecular weight is 238 g/mol. The molecule has 2 heterocycles. The van der Waals surface area contributed by atoms with Gasteiger partial charge in [0.05, 0.1) is 0 Å². The van der Waals surface area contributed by atoms with E-state index in [0.29, 0.717) is 5.54 Å². The quantitative estimate of drug-likeness (QED) is 0.810. The number of rotatable bonds is 4. The number of nitrogens with zero attached hydrogens (tertiary/aromatic N) is 1. The summed E-state index contributed by atoms with van der Waals surface area (Å²) in [5.41, 5.74) is 0.505. The van der Waals surface area contributed by atoms with Crippen molar-refractivity contribution < 1.29 is 0 Å². The summed E-state index contributed by atoms with van der Waals surface area (Å²) in [4.78, 5) is 2.64. The van der Waals surface area contributed by atoms with Crippen molar-refractivity contribution in [2.24, 2.45) is 5.92 Å². The Balaban J connectivity index is 1.81. The van der Waals surface area contributed by atoms with Crippen molar-refractivity contribution >= 4 is 0 Å². The summed E-state index contributed by atoms with van der Waals surface area (Å²) in [7, 11) is 0. The predicted molar refractivity (Wildman–Crippen MR) is 74.3 cm³/mol. The van der Waals surface area contributed by atoms with Gasteiger partial charge >= 0.3 is 0 Å². The van der Waals surface area contributed by atoms with Gasteiger partial charge in [0, 0.05) is 11.6 Å². The summed E-state index contributed by atoms with van der Waals surface area (Å²) in [6.45, 7) is 10.9. The molecule has 2 nitrogen and oxygen atoms in total. The fraction of sp³-hybridized carbons (Fsp3) is 1.00. The molecule has 0 radical (unpaired) electrons. The van der Waals surface area contributed by atoms with Crippen molar-refractivity contribution in [3.63, 3.8) is 0 Å². The fourth-order valence-corrected chi connectivity index (χ4v) is 3.72. The minimum absolute atomic E-state index is 0.505. The molecule has 2 heteroatoms. The van der Waals surface area contributed by atoms with Gasteiger partial charge < -0.3 is 10.2 Å². The lowest BCUT2D eigenvalue weighted by Gasteiger charge is -2.39. The standard InChI is InChI=1S/C15H30N2/c1-4-15(8-5-9-16-15)12-14-6-10-17(11-7-14)13(2)3/h13-14,16H,4-12H2,1-3H3. The highest BCUT2D eigenvalue weighted by Gasteiger charge is 2.35. The molecule has 1 N–H and O–H groups in total. The summed E-state index contributed by atoms with van der Waals surface area (Å²) < 4.78 is 0. The second-order valence-corrected chi connectivity index (χ2v) is 6.44. The molecule has 0 aromatic rings. The van der Waals surface area contributed by atoms with Crippen LogP contribution in [0.25, 0.3) is 0 Å². The van der Waals surface area contributed by atoms with Gasteiger partial charge in [-0.25, -0.2) is 0 Å². The van der Waals surface area contributed by atoms with Gasteiger partial charge in [0.1, 0.15) is 0 Å². The van der Waals surface area contributed by atoms with Crippen LogP contribution in [0.3, 0.4) is 0 Å². The Labute approximate surface area is 107 Å². The topological polar surface area (TPSA) is 15.3 Å². The third-order valence-corrected chi connectivity index (χ3v) is 5.07. The summed E-state index contributed by atoms with van der Waals surface area (Å²) in [5, 5.41) is 3.79. The lowest BCUT2D eigenvalue weighted by molar-refractivity contribution is 0.127. The van der Waals surface area contributed by atoms with Crippen molar-refractivity contribution in [2.75, 3.05) is 19.6 Å². The number of hydrogen-bond acceptors (Lipinski definition) is 2. The Morgan fingerprint density at radius 3 is 2.47 bits per heavy atom. The molecule has 2 saturated heterocycles. The van der Waals surface area contributed by atoms with E-state index in [1.54, 1.807) is 0 Å². The molecule has 0 aliphatic carbocycles. The van der Waals surface area contributed by atoms with E-state index >= 15 is 0 Å². The molecule has 0 aromatic carbocycles. The molecular weight excluding hydrogens is 208 g/mol. The Kier molecular flexibility index (Phi) is 4.48. The summed E-state index contributed by atoms with van der Waals surface area (Å²) in [6.07, 6.45) is 8.38. The Morgan fingerprint density at radius 1 is 1.29 bits per heavy atom. The summed E-state index contributed by atoms with van der Waals surface area (Å²) in [5.74, 6) is 0.968. The monoisotopic (exact) mass is 238 g/mol. The molecule has 0 saturated carbocycles. The molecule has 1 atom stereocenters. The van der Waals surface area contributed by atoms with Crippen molar-refractivity contribution in [3.05, 3.63) is 0 Å². The van der Waals surface area contributed by atoms with Crippen LogP contribution < -0.4 is 5.32 Å². The number of likely N-dealkylation sites (tertiary alicyclic amines) is 1. The highest BCUT2D eigenvalue weighted by molar-refractivity contribution is 4.94. The first kappa shape index (κ1) is 13.4. The minimum Gasteiger partial charge on any atom is -0.311 e. The molecule has 1 unspecified atom stereocenters. The lowest BCUT2D eigenvalue weighted by atomic mass is 9.80. The zero-order valence-electron chi connectivity index (χ0n) is 12.0. The maximum absolute atomic E-state index is 3.79. The van der Waals surface area contributed by atoms with Crippen LogP contribution >= 0.6 is 0 Å². The zero-order valence-corrected chi connectivity index (χ0v) is 12.0. The SMILES string of the molecule is CCC1(CC2CCN(C(C)C)CC2)CCCN1. The van der Waals surface area contributed by atoms with Crippen LogP contribution in [0.2, 0.25) is 0 Å². The first-order valence-corrected chi connectivity index (χ1v) is 7.64. The molecule has 100 valence electrons. The largest absolute Gasteiger partial charge is 0.311 e. The molecule has 2 aliphatic heterocycles. The normalized spacial score (nSPS) is 32.5. The number of nitrogens with one attached hydrogen (secondary N) is 1. The molecule has 0 aromatic heterocycles. The molecule has 0 spiro atoms. The number of hydrogen-bond donors (Lipinski definition) is 1. The predicted octanol–water partition coefficient (Wildman–Crippen LogP) is 3.03. The highest BCUT2D eigenvalue weighted by Crippen LogP contribution is 2.34. The van der Waals surface area contributed by atoms with E-state index in [9.17, 15) is 0 Å². The van der Waals surface area contributed by atoms with Gasteiger partial charge in [-0.05, 0) is 77.9 Å². The second kappa shape index (κ2) is 5.71. The van der Waals surface area contributed by atoms with Crippen LogP contribution in [0.4, 0.5) is 0 Å². The van der Waals surface area contributed by atoms with Crippen molar-refractivity contribution in [3.8, 4) is 0 Å². The molecular formula is C15H30N2. The zero-order chi connectivity index (χ0) is 12.3. The van der Waals surface area contributed by atoms with Crippen molar-refractivity contribution in [1.29, 1.82) is 0 Å². The Hall–Kier alpha value is -0.0800. The van der Waals surface area contributed by atoms with Crippen LogP contribution in [-0.2, 0) is 0 Å². The van der Waals surface area contributed by atoms with Gasteiger partial charge in [-0.15, -0.1) is 0 Å². The Bertz CT molecular complexity index is 223. The van der Waals surface area contributed by atoms with E-state index in [-0.39, 0.29) is 0 Å². The van der Waals surface area contributed by atoms with Gasteiger partial charge in [0.2, 0.25) is 0 Å². The van der Waals surface area contributed by atoms with Crippen LogP contribution in [0.1, 0.15) is 59.3 Å². The minimum atomic E-state index is 0.505.